The van der Waals surface area contributed by atoms with Crippen molar-refractivity contribution in [1.82, 2.24) is 0 Å². The molecule has 106 valence electrons. The monoisotopic (exact) mass is 262 g/mol. The van der Waals surface area contributed by atoms with Gasteiger partial charge in [-0.25, -0.2) is 0 Å². The van der Waals surface area contributed by atoms with Crippen molar-refractivity contribution in [2.45, 2.75) is 46.1 Å². The standard InChI is InChI=1S/C16H26N2O/c1-4-19-15-9-13(17)8-14(10-15)18-16-7-5-6-11(2)12(16)3/h8-12,16,18H,4-7,17H2,1-3H3. The molecule has 0 amide bonds. The normalized spacial score (nSPS) is 27.0. The highest BCUT2D eigenvalue weighted by Gasteiger charge is 2.26. The summed E-state index contributed by atoms with van der Waals surface area (Å²) >= 11 is 0. The fraction of sp³-hybridized carbons (Fsp3) is 0.625. The molecule has 3 heteroatoms. The van der Waals surface area contributed by atoms with Crippen LogP contribution in [0.5, 0.6) is 5.75 Å². The van der Waals surface area contributed by atoms with E-state index >= 15 is 0 Å². The highest BCUT2D eigenvalue weighted by Crippen LogP contribution is 2.32. The van der Waals surface area contributed by atoms with Crippen LogP contribution in [0.2, 0.25) is 0 Å². The lowest BCUT2D eigenvalue weighted by molar-refractivity contribution is 0.253. The maximum atomic E-state index is 5.94. The molecule has 3 unspecified atom stereocenters. The van der Waals surface area contributed by atoms with E-state index in [0.717, 1.165) is 23.0 Å². The molecule has 0 saturated heterocycles. The second kappa shape index (κ2) is 6.18. The lowest BCUT2D eigenvalue weighted by Gasteiger charge is -2.35. The van der Waals surface area contributed by atoms with Crippen LogP contribution in [0.25, 0.3) is 0 Å². The van der Waals surface area contributed by atoms with Crippen LogP contribution in [0.3, 0.4) is 0 Å². The van der Waals surface area contributed by atoms with E-state index in [1.165, 1.54) is 19.3 Å². The van der Waals surface area contributed by atoms with Gasteiger partial charge in [0.15, 0.2) is 0 Å². The third-order valence-corrected chi connectivity index (χ3v) is 4.30. The topological polar surface area (TPSA) is 47.3 Å². The molecule has 0 spiro atoms. The van der Waals surface area contributed by atoms with Gasteiger partial charge >= 0.3 is 0 Å². The van der Waals surface area contributed by atoms with Crippen LogP contribution < -0.4 is 15.8 Å². The van der Waals surface area contributed by atoms with Crippen LogP contribution in [-0.4, -0.2) is 12.6 Å². The highest BCUT2D eigenvalue weighted by molar-refractivity contribution is 5.59. The van der Waals surface area contributed by atoms with E-state index in [1.807, 2.05) is 25.1 Å². The zero-order valence-corrected chi connectivity index (χ0v) is 12.3. The maximum absolute atomic E-state index is 5.94. The Morgan fingerprint density at radius 3 is 2.79 bits per heavy atom. The lowest BCUT2D eigenvalue weighted by Crippen LogP contribution is -2.35. The second-order valence-corrected chi connectivity index (χ2v) is 5.74. The molecular weight excluding hydrogens is 236 g/mol. The molecule has 3 N–H and O–H groups in total. The minimum absolute atomic E-state index is 0.542. The van der Waals surface area contributed by atoms with Gasteiger partial charge in [-0.1, -0.05) is 26.7 Å². The molecular formula is C16H26N2O. The minimum atomic E-state index is 0.542. The number of nitrogens with two attached hydrogens (primary N) is 1. The molecule has 3 nitrogen and oxygen atoms in total. The Balaban J connectivity index is 2.09. The van der Waals surface area contributed by atoms with Crippen LogP contribution in [0.15, 0.2) is 18.2 Å². The first-order valence-electron chi connectivity index (χ1n) is 7.40. The first-order chi connectivity index (χ1) is 9.10. The van der Waals surface area contributed by atoms with Gasteiger partial charge in [-0.15, -0.1) is 0 Å². The summed E-state index contributed by atoms with van der Waals surface area (Å²) in [4.78, 5) is 0. The lowest BCUT2D eigenvalue weighted by atomic mass is 9.78. The van der Waals surface area contributed by atoms with Crippen molar-refractivity contribution >= 4 is 11.4 Å². The van der Waals surface area contributed by atoms with Crippen molar-refractivity contribution in [3.63, 3.8) is 0 Å². The van der Waals surface area contributed by atoms with E-state index in [1.54, 1.807) is 0 Å². The summed E-state index contributed by atoms with van der Waals surface area (Å²) in [5.41, 5.74) is 7.77. The average Bonchev–Trinajstić information content (AvgIpc) is 2.35. The number of hydrogen-bond acceptors (Lipinski definition) is 3. The maximum Gasteiger partial charge on any atom is 0.123 e. The molecule has 0 bridgehead atoms. The summed E-state index contributed by atoms with van der Waals surface area (Å²) in [6, 6.07) is 6.46. The zero-order valence-electron chi connectivity index (χ0n) is 12.3. The molecule has 1 aromatic carbocycles. The molecule has 1 aliphatic rings. The van der Waals surface area contributed by atoms with E-state index in [9.17, 15) is 0 Å². The molecule has 1 fully saturated rings. The van der Waals surface area contributed by atoms with Gasteiger partial charge in [-0.2, -0.15) is 0 Å². The molecule has 0 aromatic heterocycles. The van der Waals surface area contributed by atoms with Gasteiger partial charge in [0.25, 0.3) is 0 Å². The molecule has 1 aliphatic carbocycles. The SMILES string of the molecule is CCOc1cc(N)cc(NC2CCCC(C)C2C)c1. The van der Waals surface area contributed by atoms with Crippen LogP contribution in [0.4, 0.5) is 11.4 Å². The fourth-order valence-electron chi connectivity index (χ4n) is 2.96. The number of hydrogen-bond donors (Lipinski definition) is 2. The van der Waals surface area contributed by atoms with Gasteiger partial charge in [0.05, 0.1) is 6.61 Å². The third-order valence-electron chi connectivity index (χ3n) is 4.30. The first-order valence-corrected chi connectivity index (χ1v) is 7.40. The van der Waals surface area contributed by atoms with Crippen molar-refractivity contribution in [2.75, 3.05) is 17.7 Å². The Kier molecular flexibility index (Phi) is 4.56. The van der Waals surface area contributed by atoms with Gasteiger partial charge in [-0.05, 0) is 31.2 Å². The van der Waals surface area contributed by atoms with Crippen LogP contribution in [-0.2, 0) is 0 Å². The summed E-state index contributed by atoms with van der Waals surface area (Å²) in [5, 5.41) is 3.64. The van der Waals surface area contributed by atoms with E-state index in [4.69, 9.17) is 10.5 Å². The number of benzene rings is 1. The fourth-order valence-corrected chi connectivity index (χ4v) is 2.96. The molecule has 3 atom stereocenters. The summed E-state index contributed by atoms with van der Waals surface area (Å²) in [6.45, 7) is 7.35. The van der Waals surface area contributed by atoms with Gasteiger partial charge in [-0.3, -0.25) is 0 Å². The smallest absolute Gasteiger partial charge is 0.123 e. The largest absolute Gasteiger partial charge is 0.494 e. The van der Waals surface area contributed by atoms with Crippen LogP contribution in [0, 0.1) is 11.8 Å². The predicted molar refractivity (Wildman–Crippen MR) is 81.6 cm³/mol. The predicted octanol–water partition coefficient (Wildman–Crippen LogP) is 3.90. The molecule has 0 radical (unpaired) electrons. The number of rotatable bonds is 4. The molecule has 0 aliphatic heterocycles. The average molecular weight is 262 g/mol. The van der Waals surface area contributed by atoms with Crippen LogP contribution >= 0.6 is 0 Å². The van der Waals surface area contributed by atoms with Crippen molar-refractivity contribution in [2.24, 2.45) is 11.8 Å². The third kappa shape index (κ3) is 3.55. The zero-order chi connectivity index (χ0) is 13.8. The van der Waals surface area contributed by atoms with Crippen molar-refractivity contribution in [3.8, 4) is 5.75 Å². The molecule has 0 heterocycles. The Bertz CT molecular complexity index is 419. The minimum Gasteiger partial charge on any atom is -0.494 e. The van der Waals surface area contributed by atoms with E-state index in [-0.39, 0.29) is 0 Å². The second-order valence-electron chi connectivity index (χ2n) is 5.74. The molecule has 2 rings (SSSR count). The van der Waals surface area contributed by atoms with Crippen molar-refractivity contribution in [1.29, 1.82) is 0 Å². The Morgan fingerprint density at radius 1 is 1.26 bits per heavy atom. The Morgan fingerprint density at radius 2 is 2.05 bits per heavy atom. The van der Waals surface area contributed by atoms with Gasteiger partial charge in [0.1, 0.15) is 5.75 Å². The number of nitrogens with one attached hydrogen (secondary N) is 1. The van der Waals surface area contributed by atoms with E-state index < -0.39 is 0 Å². The van der Waals surface area contributed by atoms with E-state index in [2.05, 4.69) is 19.2 Å². The molecule has 1 saturated carbocycles. The number of ether oxygens (including phenoxy) is 1. The first kappa shape index (κ1) is 14.0. The van der Waals surface area contributed by atoms with Gasteiger partial charge < -0.3 is 15.8 Å². The summed E-state index contributed by atoms with van der Waals surface area (Å²) in [6.07, 6.45) is 3.90. The molecule has 19 heavy (non-hydrogen) atoms. The van der Waals surface area contributed by atoms with Crippen LogP contribution in [0.1, 0.15) is 40.0 Å². The van der Waals surface area contributed by atoms with E-state index in [0.29, 0.717) is 18.6 Å². The van der Waals surface area contributed by atoms with Crippen molar-refractivity contribution in [3.05, 3.63) is 18.2 Å². The number of anilines is 2. The Labute approximate surface area is 116 Å². The van der Waals surface area contributed by atoms with Gasteiger partial charge in [0.2, 0.25) is 0 Å². The highest BCUT2D eigenvalue weighted by atomic mass is 16.5. The Hall–Kier alpha value is -1.38. The summed E-state index contributed by atoms with van der Waals surface area (Å²) in [7, 11) is 0. The van der Waals surface area contributed by atoms with Crippen molar-refractivity contribution < 1.29 is 4.74 Å². The molecule has 1 aromatic rings. The summed E-state index contributed by atoms with van der Waals surface area (Å²) < 4.78 is 5.54. The summed E-state index contributed by atoms with van der Waals surface area (Å²) in [5.74, 6) is 2.34. The quantitative estimate of drug-likeness (QED) is 0.809. The van der Waals surface area contributed by atoms with Gasteiger partial charge in [0, 0.05) is 29.5 Å². The number of nitrogen functional groups attached to an aromatic ring is 1.